The van der Waals surface area contributed by atoms with Crippen LogP contribution in [0.1, 0.15) is 34.9 Å². The molecule has 1 atom stereocenters. The van der Waals surface area contributed by atoms with Crippen molar-refractivity contribution in [2.75, 3.05) is 27.3 Å². The first-order chi connectivity index (χ1) is 12.5. The molecule has 140 valence electrons. The molecule has 26 heavy (non-hydrogen) atoms. The van der Waals surface area contributed by atoms with Gasteiger partial charge in [0.1, 0.15) is 11.5 Å². The fourth-order valence-corrected chi connectivity index (χ4v) is 4.62. The van der Waals surface area contributed by atoms with Crippen molar-refractivity contribution >= 4 is 17.3 Å². The number of benzene rings is 1. The lowest BCUT2D eigenvalue weighted by Gasteiger charge is -2.37. The molecule has 1 aliphatic rings. The van der Waals surface area contributed by atoms with E-state index in [0.29, 0.717) is 12.8 Å². The number of aryl methyl sites for hydroxylation is 1. The summed E-state index contributed by atoms with van der Waals surface area (Å²) in [5, 5.41) is 11.4. The van der Waals surface area contributed by atoms with Crippen LogP contribution >= 0.6 is 11.3 Å². The van der Waals surface area contributed by atoms with Crippen molar-refractivity contribution in [1.29, 1.82) is 0 Å². The lowest BCUT2D eigenvalue weighted by molar-refractivity contribution is -0.143. The molecule has 1 aliphatic heterocycles. The fraction of sp³-hybridized carbons (Fsp3) is 0.450. The Hall–Kier alpha value is -2.05. The third-order valence-corrected chi connectivity index (χ3v) is 6.10. The number of piperidine rings is 1. The molecule has 2 heterocycles. The first-order valence-electron chi connectivity index (χ1n) is 8.77. The van der Waals surface area contributed by atoms with Crippen LogP contribution in [0.3, 0.4) is 0 Å². The van der Waals surface area contributed by atoms with Gasteiger partial charge in [-0.15, -0.1) is 11.3 Å². The largest absolute Gasteiger partial charge is 0.497 e. The molecule has 0 aliphatic carbocycles. The zero-order chi connectivity index (χ0) is 18.7. The zero-order valence-electron chi connectivity index (χ0n) is 15.4. The minimum Gasteiger partial charge on any atom is -0.497 e. The molecule has 1 fully saturated rings. The lowest BCUT2D eigenvalue weighted by atomic mass is 9.93. The van der Waals surface area contributed by atoms with Crippen LogP contribution in [-0.4, -0.2) is 43.3 Å². The van der Waals surface area contributed by atoms with Crippen LogP contribution in [0.15, 0.2) is 29.6 Å². The number of ether oxygens (including phenoxy) is 2. The Balaban J connectivity index is 1.96. The molecule has 0 amide bonds. The molecule has 1 aromatic heterocycles. The van der Waals surface area contributed by atoms with E-state index in [1.54, 1.807) is 25.6 Å². The number of carboxylic acid groups (broad SMARTS) is 1. The maximum absolute atomic E-state index is 11.3. The summed E-state index contributed by atoms with van der Waals surface area (Å²) < 4.78 is 11.0. The Kier molecular flexibility index (Phi) is 5.84. The highest BCUT2D eigenvalue weighted by atomic mass is 32.1. The highest BCUT2D eigenvalue weighted by Gasteiger charge is 2.32. The van der Waals surface area contributed by atoms with E-state index in [-0.39, 0.29) is 12.0 Å². The van der Waals surface area contributed by atoms with Crippen molar-refractivity contribution in [2.24, 2.45) is 5.92 Å². The zero-order valence-corrected chi connectivity index (χ0v) is 16.2. The number of carbonyl (C=O) groups is 1. The van der Waals surface area contributed by atoms with Gasteiger partial charge in [-0.3, -0.25) is 9.69 Å². The summed E-state index contributed by atoms with van der Waals surface area (Å²) in [6.07, 6.45) is 1.35. The van der Waals surface area contributed by atoms with E-state index in [9.17, 15) is 9.90 Å². The SMILES string of the molecule is COc1ccc(C(c2cc(C)cs2)N2CCC(C(=O)O)CC2)c(OC)c1. The molecule has 5 nitrogen and oxygen atoms in total. The molecule has 1 N–H and O–H groups in total. The number of methoxy groups -OCH3 is 2. The van der Waals surface area contributed by atoms with E-state index in [1.807, 2.05) is 12.1 Å². The average molecular weight is 375 g/mol. The van der Waals surface area contributed by atoms with Gasteiger partial charge in [-0.25, -0.2) is 0 Å². The smallest absolute Gasteiger partial charge is 0.306 e. The van der Waals surface area contributed by atoms with Gasteiger partial charge < -0.3 is 14.6 Å². The number of hydrogen-bond donors (Lipinski definition) is 1. The predicted octanol–water partition coefficient (Wildman–Crippen LogP) is 3.96. The fourth-order valence-electron chi connectivity index (χ4n) is 3.58. The summed E-state index contributed by atoms with van der Waals surface area (Å²) in [7, 11) is 3.32. The molecular formula is C20H25NO4S. The molecule has 6 heteroatoms. The van der Waals surface area contributed by atoms with Crippen molar-refractivity contribution in [2.45, 2.75) is 25.8 Å². The van der Waals surface area contributed by atoms with Gasteiger partial charge in [0.2, 0.25) is 0 Å². The van der Waals surface area contributed by atoms with Crippen LogP contribution in [0, 0.1) is 12.8 Å². The summed E-state index contributed by atoms with van der Waals surface area (Å²) in [6.45, 7) is 3.61. The maximum Gasteiger partial charge on any atom is 0.306 e. The number of hydrogen-bond acceptors (Lipinski definition) is 5. The van der Waals surface area contributed by atoms with E-state index < -0.39 is 5.97 Å². The molecule has 1 saturated heterocycles. The third kappa shape index (κ3) is 3.86. The Morgan fingerprint density at radius 1 is 1.23 bits per heavy atom. The standard InChI is InChI=1S/C20H25NO4S/c1-13-10-18(26-12-13)19(21-8-6-14(7-9-21)20(22)23)16-5-4-15(24-2)11-17(16)25-3/h4-5,10-12,14,19H,6-9H2,1-3H3,(H,22,23). The van der Waals surface area contributed by atoms with Gasteiger partial charge in [-0.05, 0) is 62.0 Å². The minimum atomic E-state index is -0.685. The van der Waals surface area contributed by atoms with Crippen molar-refractivity contribution in [1.82, 2.24) is 4.90 Å². The van der Waals surface area contributed by atoms with Gasteiger partial charge in [0.05, 0.1) is 26.2 Å². The summed E-state index contributed by atoms with van der Waals surface area (Å²) in [5.74, 6) is 0.627. The predicted molar refractivity (Wildman–Crippen MR) is 102 cm³/mol. The minimum absolute atomic E-state index is 0.0595. The number of nitrogens with zero attached hydrogens (tertiary/aromatic N) is 1. The number of aliphatic carboxylic acids is 1. The highest BCUT2D eigenvalue weighted by molar-refractivity contribution is 7.10. The van der Waals surface area contributed by atoms with Gasteiger partial charge in [0.25, 0.3) is 0 Å². The number of thiophene rings is 1. The number of carboxylic acids is 1. The van der Waals surface area contributed by atoms with Crippen molar-refractivity contribution in [3.63, 3.8) is 0 Å². The third-order valence-electron chi connectivity index (χ3n) is 5.00. The van der Waals surface area contributed by atoms with Crippen molar-refractivity contribution in [3.05, 3.63) is 45.6 Å². The van der Waals surface area contributed by atoms with E-state index in [0.717, 1.165) is 30.2 Å². The summed E-state index contributed by atoms with van der Waals surface area (Å²) in [5.41, 5.74) is 2.33. The van der Waals surface area contributed by atoms with E-state index in [4.69, 9.17) is 9.47 Å². The normalized spacial score (nSPS) is 17.0. The maximum atomic E-state index is 11.3. The molecule has 1 aromatic carbocycles. The average Bonchev–Trinajstić information content (AvgIpc) is 3.08. The molecule has 2 aromatic rings. The second-order valence-electron chi connectivity index (χ2n) is 6.69. The lowest BCUT2D eigenvalue weighted by Crippen LogP contribution is -2.39. The molecule has 1 unspecified atom stereocenters. The van der Waals surface area contributed by atoms with Crippen LogP contribution in [0.4, 0.5) is 0 Å². The topological polar surface area (TPSA) is 59.0 Å². The summed E-state index contributed by atoms with van der Waals surface area (Å²) in [4.78, 5) is 14.9. The van der Waals surface area contributed by atoms with Crippen LogP contribution in [0.25, 0.3) is 0 Å². The first-order valence-corrected chi connectivity index (χ1v) is 9.65. The van der Waals surface area contributed by atoms with Gasteiger partial charge in [0, 0.05) is 16.5 Å². The van der Waals surface area contributed by atoms with Gasteiger partial charge >= 0.3 is 5.97 Å². The highest BCUT2D eigenvalue weighted by Crippen LogP contribution is 2.40. The van der Waals surface area contributed by atoms with Crippen molar-refractivity contribution < 1.29 is 19.4 Å². The quantitative estimate of drug-likeness (QED) is 0.828. The van der Waals surface area contributed by atoms with E-state index in [2.05, 4.69) is 29.3 Å². The second kappa shape index (κ2) is 8.10. The second-order valence-corrected chi connectivity index (χ2v) is 7.63. The number of rotatable bonds is 6. The van der Waals surface area contributed by atoms with Crippen LogP contribution < -0.4 is 9.47 Å². The molecule has 0 spiro atoms. The Bertz CT molecular complexity index is 765. The molecule has 0 bridgehead atoms. The molecular weight excluding hydrogens is 350 g/mol. The van der Waals surface area contributed by atoms with Gasteiger partial charge in [0.15, 0.2) is 0 Å². The van der Waals surface area contributed by atoms with E-state index in [1.165, 1.54) is 10.4 Å². The first kappa shape index (κ1) is 18.7. The monoisotopic (exact) mass is 375 g/mol. The van der Waals surface area contributed by atoms with Crippen LogP contribution in [-0.2, 0) is 4.79 Å². The number of likely N-dealkylation sites (tertiary alicyclic amines) is 1. The van der Waals surface area contributed by atoms with Crippen molar-refractivity contribution in [3.8, 4) is 11.5 Å². The molecule has 0 saturated carbocycles. The summed E-state index contributed by atoms with van der Waals surface area (Å²) in [6, 6.07) is 8.19. The van der Waals surface area contributed by atoms with Crippen LogP contribution in [0.5, 0.6) is 11.5 Å². The van der Waals surface area contributed by atoms with Gasteiger partial charge in [-0.2, -0.15) is 0 Å². The van der Waals surface area contributed by atoms with Gasteiger partial charge in [-0.1, -0.05) is 0 Å². The Morgan fingerprint density at radius 3 is 2.50 bits per heavy atom. The molecule has 0 radical (unpaired) electrons. The van der Waals surface area contributed by atoms with E-state index >= 15 is 0 Å². The Morgan fingerprint density at radius 2 is 1.96 bits per heavy atom. The Labute approximate surface area is 158 Å². The van der Waals surface area contributed by atoms with Crippen LogP contribution in [0.2, 0.25) is 0 Å². The molecule has 3 rings (SSSR count). The summed E-state index contributed by atoms with van der Waals surface area (Å²) >= 11 is 1.74.